The van der Waals surface area contributed by atoms with Crippen molar-refractivity contribution in [2.75, 3.05) is 26.2 Å². The van der Waals surface area contributed by atoms with Gasteiger partial charge in [-0.3, -0.25) is 4.90 Å². The first-order valence-corrected chi connectivity index (χ1v) is 10.4. The van der Waals surface area contributed by atoms with E-state index in [0.717, 1.165) is 12.1 Å². The van der Waals surface area contributed by atoms with Gasteiger partial charge in [-0.2, -0.15) is 9.29 Å². The molecule has 2 aromatic carbocycles. The smallest absolute Gasteiger partial charge is 0.258 e. The van der Waals surface area contributed by atoms with Crippen LogP contribution in [0.3, 0.4) is 0 Å². The van der Waals surface area contributed by atoms with Crippen LogP contribution in [0.1, 0.15) is 5.82 Å². The van der Waals surface area contributed by atoms with Gasteiger partial charge in [0.1, 0.15) is 11.6 Å². The Bertz CT molecular complexity index is 1090. The van der Waals surface area contributed by atoms with E-state index in [0.29, 0.717) is 44.1 Å². The third-order valence-electron chi connectivity index (χ3n) is 4.69. The molecule has 0 unspecified atom stereocenters. The molecule has 29 heavy (non-hydrogen) atoms. The summed E-state index contributed by atoms with van der Waals surface area (Å²) in [5, 5.41) is 3.92. The second-order valence-electron chi connectivity index (χ2n) is 6.66. The molecular weight excluding hydrogens is 402 g/mol. The highest BCUT2D eigenvalue weighted by Crippen LogP contribution is 2.20. The Balaban J connectivity index is 1.37. The first kappa shape index (κ1) is 19.6. The molecule has 10 heteroatoms. The van der Waals surface area contributed by atoms with E-state index in [1.54, 1.807) is 12.1 Å². The molecule has 1 aromatic heterocycles. The van der Waals surface area contributed by atoms with E-state index >= 15 is 0 Å². The number of benzene rings is 2. The molecule has 3 aromatic rings. The first-order chi connectivity index (χ1) is 13.9. The molecule has 0 saturated carbocycles. The van der Waals surface area contributed by atoms with Gasteiger partial charge in [0.2, 0.25) is 10.0 Å². The zero-order valence-electron chi connectivity index (χ0n) is 15.3. The molecule has 1 fully saturated rings. The molecule has 0 bridgehead atoms. The second-order valence-corrected chi connectivity index (χ2v) is 8.60. The fourth-order valence-corrected chi connectivity index (χ4v) is 4.56. The van der Waals surface area contributed by atoms with Gasteiger partial charge in [-0.05, 0) is 42.5 Å². The van der Waals surface area contributed by atoms with Crippen LogP contribution in [-0.2, 0) is 16.6 Å². The molecule has 0 aliphatic carbocycles. The molecule has 0 atom stereocenters. The lowest BCUT2D eigenvalue weighted by Gasteiger charge is -2.33. The van der Waals surface area contributed by atoms with Crippen molar-refractivity contribution in [2.45, 2.75) is 11.4 Å². The standard InChI is InChI=1S/C19H18F2N4O3S/c20-15-4-6-17(7-5-15)29(26,27)25-10-8-24(9-11-25)13-18-22-19(28-23-18)14-2-1-3-16(21)12-14/h1-7,12H,8-11,13H2. The predicted octanol–water partition coefficient (Wildman–Crippen LogP) is 2.52. The molecule has 4 rings (SSSR count). The number of piperazine rings is 1. The van der Waals surface area contributed by atoms with E-state index in [9.17, 15) is 17.2 Å². The summed E-state index contributed by atoms with van der Waals surface area (Å²) in [7, 11) is -3.66. The summed E-state index contributed by atoms with van der Waals surface area (Å²) < 4.78 is 58.3. The molecule has 1 aliphatic heterocycles. The van der Waals surface area contributed by atoms with E-state index in [2.05, 4.69) is 10.1 Å². The minimum atomic E-state index is -3.66. The van der Waals surface area contributed by atoms with Gasteiger partial charge in [0, 0.05) is 31.7 Å². The van der Waals surface area contributed by atoms with Crippen molar-refractivity contribution >= 4 is 10.0 Å². The molecule has 152 valence electrons. The van der Waals surface area contributed by atoms with Crippen molar-refractivity contribution in [1.82, 2.24) is 19.3 Å². The van der Waals surface area contributed by atoms with E-state index in [-0.39, 0.29) is 16.6 Å². The molecule has 2 heterocycles. The Labute approximate surface area is 166 Å². The van der Waals surface area contributed by atoms with Crippen LogP contribution in [0.5, 0.6) is 0 Å². The summed E-state index contributed by atoms with van der Waals surface area (Å²) in [6.45, 7) is 1.97. The van der Waals surface area contributed by atoms with Crippen LogP contribution in [0.2, 0.25) is 0 Å². The van der Waals surface area contributed by atoms with E-state index < -0.39 is 15.8 Å². The van der Waals surface area contributed by atoms with Crippen molar-refractivity contribution < 1.29 is 21.7 Å². The molecule has 0 amide bonds. The Hall–Kier alpha value is -2.69. The third-order valence-corrected chi connectivity index (χ3v) is 6.60. The number of sulfonamides is 1. The highest BCUT2D eigenvalue weighted by atomic mass is 32.2. The Morgan fingerprint density at radius 1 is 0.966 bits per heavy atom. The van der Waals surface area contributed by atoms with Gasteiger partial charge in [-0.15, -0.1) is 0 Å². The van der Waals surface area contributed by atoms with Gasteiger partial charge < -0.3 is 4.52 Å². The molecule has 7 nitrogen and oxygen atoms in total. The van der Waals surface area contributed by atoms with Crippen LogP contribution >= 0.6 is 0 Å². The summed E-state index contributed by atoms with van der Waals surface area (Å²) >= 11 is 0. The summed E-state index contributed by atoms with van der Waals surface area (Å²) in [6.07, 6.45) is 0. The van der Waals surface area contributed by atoms with Gasteiger partial charge in [-0.25, -0.2) is 17.2 Å². The molecular formula is C19H18F2N4O3S. The SMILES string of the molecule is O=S(=O)(c1ccc(F)cc1)N1CCN(Cc2noc(-c3cccc(F)c3)n2)CC1. The summed E-state index contributed by atoms with van der Waals surface area (Å²) in [5.74, 6) is -0.191. The zero-order valence-corrected chi connectivity index (χ0v) is 16.1. The highest BCUT2D eigenvalue weighted by molar-refractivity contribution is 7.89. The average molecular weight is 420 g/mol. The summed E-state index contributed by atoms with van der Waals surface area (Å²) in [5.41, 5.74) is 0.499. The number of halogens is 2. The highest BCUT2D eigenvalue weighted by Gasteiger charge is 2.29. The molecule has 1 saturated heterocycles. The number of rotatable bonds is 5. The van der Waals surface area contributed by atoms with Crippen LogP contribution in [-0.4, -0.2) is 53.9 Å². The quantitative estimate of drug-likeness (QED) is 0.631. The monoisotopic (exact) mass is 420 g/mol. The minimum Gasteiger partial charge on any atom is -0.334 e. The van der Waals surface area contributed by atoms with Crippen molar-refractivity contribution in [3.63, 3.8) is 0 Å². The Morgan fingerprint density at radius 3 is 2.38 bits per heavy atom. The van der Waals surface area contributed by atoms with Gasteiger partial charge in [0.15, 0.2) is 5.82 Å². The lowest BCUT2D eigenvalue weighted by Crippen LogP contribution is -2.48. The lowest BCUT2D eigenvalue weighted by molar-refractivity contribution is 0.176. The predicted molar refractivity (Wildman–Crippen MR) is 100 cm³/mol. The fourth-order valence-electron chi connectivity index (χ4n) is 3.14. The number of aromatic nitrogens is 2. The van der Waals surface area contributed by atoms with Crippen LogP contribution in [0, 0.1) is 11.6 Å². The Kier molecular flexibility index (Phi) is 5.39. The number of hydrogen-bond acceptors (Lipinski definition) is 6. The third kappa shape index (κ3) is 4.34. The van der Waals surface area contributed by atoms with Gasteiger partial charge >= 0.3 is 0 Å². The van der Waals surface area contributed by atoms with E-state index in [4.69, 9.17) is 4.52 Å². The maximum absolute atomic E-state index is 13.3. The number of nitrogens with zero attached hydrogens (tertiary/aromatic N) is 4. The zero-order chi connectivity index (χ0) is 20.4. The molecule has 1 aliphatic rings. The Morgan fingerprint density at radius 2 is 1.69 bits per heavy atom. The summed E-state index contributed by atoms with van der Waals surface area (Å²) in [4.78, 5) is 6.37. The largest absolute Gasteiger partial charge is 0.334 e. The van der Waals surface area contributed by atoms with Crippen molar-refractivity contribution in [3.8, 4) is 11.5 Å². The lowest BCUT2D eigenvalue weighted by atomic mass is 10.2. The maximum Gasteiger partial charge on any atom is 0.258 e. The van der Waals surface area contributed by atoms with Crippen LogP contribution in [0.15, 0.2) is 57.9 Å². The topological polar surface area (TPSA) is 79.5 Å². The van der Waals surface area contributed by atoms with Gasteiger partial charge in [-0.1, -0.05) is 11.2 Å². The van der Waals surface area contributed by atoms with Gasteiger partial charge in [0.05, 0.1) is 11.4 Å². The minimum absolute atomic E-state index is 0.0743. The van der Waals surface area contributed by atoms with Crippen molar-refractivity contribution in [2.24, 2.45) is 0 Å². The van der Waals surface area contributed by atoms with Crippen molar-refractivity contribution in [1.29, 1.82) is 0 Å². The van der Waals surface area contributed by atoms with E-state index in [1.807, 2.05) is 4.90 Å². The van der Waals surface area contributed by atoms with Gasteiger partial charge in [0.25, 0.3) is 5.89 Å². The second kappa shape index (κ2) is 7.97. The average Bonchev–Trinajstić information content (AvgIpc) is 3.17. The van der Waals surface area contributed by atoms with E-state index in [1.165, 1.54) is 28.6 Å². The molecule has 0 radical (unpaired) electrons. The van der Waals surface area contributed by atoms with Crippen LogP contribution in [0.25, 0.3) is 11.5 Å². The van der Waals surface area contributed by atoms with Crippen molar-refractivity contribution in [3.05, 3.63) is 66.0 Å². The number of hydrogen-bond donors (Lipinski definition) is 0. The van der Waals surface area contributed by atoms with Crippen LogP contribution < -0.4 is 0 Å². The molecule has 0 spiro atoms. The van der Waals surface area contributed by atoms with Crippen LogP contribution in [0.4, 0.5) is 8.78 Å². The fraction of sp³-hybridized carbons (Fsp3) is 0.263. The molecule has 0 N–H and O–H groups in total. The summed E-state index contributed by atoms with van der Waals surface area (Å²) in [6, 6.07) is 10.7. The maximum atomic E-state index is 13.3. The first-order valence-electron chi connectivity index (χ1n) is 8.98. The normalized spacial score (nSPS) is 16.2.